The van der Waals surface area contributed by atoms with Crippen molar-refractivity contribution in [1.82, 2.24) is 14.5 Å². The summed E-state index contributed by atoms with van der Waals surface area (Å²) < 4.78 is 23.0. The minimum absolute atomic E-state index is 0.173. The van der Waals surface area contributed by atoms with E-state index in [0.29, 0.717) is 30.1 Å². The molecule has 0 bridgehead atoms. The van der Waals surface area contributed by atoms with Gasteiger partial charge in [0.15, 0.2) is 0 Å². The summed E-state index contributed by atoms with van der Waals surface area (Å²) in [5, 5.41) is 11.4. The number of aliphatic carboxylic acids is 1. The lowest BCUT2D eigenvalue weighted by Crippen LogP contribution is -2.41. The highest BCUT2D eigenvalue weighted by molar-refractivity contribution is 7.99. The van der Waals surface area contributed by atoms with Crippen molar-refractivity contribution in [2.75, 3.05) is 32.5 Å². The molecule has 1 fully saturated rings. The lowest BCUT2D eigenvalue weighted by Gasteiger charge is -2.39. The van der Waals surface area contributed by atoms with Gasteiger partial charge >= 0.3 is 5.97 Å². The van der Waals surface area contributed by atoms with Gasteiger partial charge in [0.1, 0.15) is 11.9 Å². The molecule has 3 atom stereocenters. The summed E-state index contributed by atoms with van der Waals surface area (Å²) in [6, 6.07) is 11.5. The first kappa shape index (κ1) is 27.5. The van der Waals surface area contributed by atoms with E-state index in [1.807, 2.05) is 30.0 Å². The molecule has 0 amide bonds. The van der Waals surface area contributed by atoms with E-state index in [4.69, 9.17) is 4.74 Å². The molecule has 1 aliphatic rings. The van der Waals surface area contributed by atoms with Gasteiger partial charge < -0.3 is 19.3 Å². The molecule has 4 rings (SSSR count). The summed E-state index contributed by atoms with van der Waals surface area (Å²) in [6.07, 6.45) is 6.74. The highest BCUT2D eigenvalue weighted by Crippen LogP contribution is 2.36. The van der Waals surface area contributed by atoms with Crippen LogP contribution in [0.25, 0.3) is 10.9 Å². The Bertz CT molecular complexity index is 1170. The van der Waals surface area contributed by atoms with Crippen molar-refractivity contribution in [3.63, 3.8) is 0 Å². The zero-order chi connectivity index (χ0) is 26.2. The smallest absolute Gasteiger partial charge is 0.303 e. The number of likely N-dealkylation sites (tertiary alicyclic amines) is 1. The second-order valence-corrected chi connectivity index (χ2v) is 11.1. The van der Waals surface area contributed by atoms with Gasteiger partial charge in [-0.05, 0) is 99.0 Å². The van der Waals surface area contributed by atoms with Crippen molar-refractivity contribution in [3.8, 4) is 5.75 Å². The molecular weight excluding hydrogens is 489 g/mol. The molecule has 1 aliphatic heterocycles. The summed E-state index contributed by atoms with van der Waals surface area (Å²) in [5.74, 6) is 1.62. The summed E-state index contributed by atoms with van der Waals surface area (Å²) >= 11 is 1.87. The van der Waals surface area contributed by atoms with Gasteiger partial charge in [-0.2, -0.15) is 0 Å². The number of methoxy groups -OCH3 is 1. The van der Waals surface area contributed by atoms with Crippen LogP contribution in [-0.4, -0.2) is 58.0 Å². The molecule has 0 saturated carbocycles. The molecule has 3 aromatic rings. The monoisotopic (exact) mass is 527 g/mol. The molecule has 200 valence electrons. The summed E-state index contributed by atoms with van der Waals surface area (Å²) in [6.45, 7) is 2.92. The van der Waals surface area contributed by atoms with Crippen molar-refractivity contribution < 1.29 is 19.0 Å². The Morgan fingerprint density at radius 1 is 1.27 bits per heavy atom. The minimum Gasteiger partial charge on any atom is -0.497 e. The number of hydrogen-bond donors (Lipinski definition) is 1. The topological polar surface area (TPSA) is 67.6 Å². The Labute approximate surface area is 223 Å². The maximum absolute atomic E-state index is 15.5. The first-order valence-electron chi connectivity index (χ1n) is 13.2. The Hall–Kier alpha value is -2.58. The van der Waals surface area contributed by atoms with E-state index in [1.54, 1.807) is 19.4 Å². The summed E-state index contributed by atoms with van der Waals surface area (Å²) in [7, 11) is 3.67. The first-order valence-corrected chi connectivity index (χ1v) is 14.2. The predicted octanol–water partition coefficient (Wildman–Crippen LogP) is 6.36. The van der Waals surface area contributed by atoms with Crippen LogP contribution in [0.2, 0.25) is 0 Å². The number of pyridine rings is 1. The van der Waals surface area contributed by atoms with Gasteiger partial charge in [0, 0.05) is 43.5 Å². The maximum Gasteiger partial charge on any atom is 0.303 e. The Morgan fingerprint density at radius 2 is 2.14 bits per heavy atom. The molecule has 0 aliphatic carbocycles. The van der Waals surface area contributed by atoms with Gasteiger partial charge in [-0.25, -0.2) is 4.39 Å². The third-order valence-electron chi connectivity index (χ3n) is 7.58. The fraction of sp³-hybridized carbons (Fsp3) is 0.517. The first-order chi connectivity index (χ1) is 17.9. The number of piperidine rings is 1. The van der Waals surface area contributed by atoms with E-state index < -0.39 is 12.1 Å². The number of rotatable bonds is 13. The predicted molar refractivity (Wildman–Crippen MR) is 147 cm³/mol. The maximum atomic E-state index is 15.5. The molecule has 0 radical (unpaired) electrons. The van der Waals surface area contributed by atoms with Crippen molar-refractivity contribution in [2.24, 2.45) is 18.9 Å². The summed E-state index contributed by atoms with van der Waals surface area (Å²) in [5.41, 5.74) is 1.41. The van der Waals surface area contributed by atoms with Crippen molar-refractivity contribution in [3.05, 3.63) is 54.4 Å². The average Bonchev–Trinajstić information content (AvgIpc) is 3.32. The largest absolute Gasteiger partial charge is 0.497 e. The van der Waals surface area contributed by atoms with Gasteiger partial charge in [0.25, 0.3) is 0 Å². The molecule has 2 aromatic heterocycles. The number of ether oxygens (including phenoxy) is 1. The lowest BCUT2D eigenvalue weighted by molar-refractivity contribution is -0.137. The number of hydrogen-bond acceptors (Lipinski definition) is 5. The van der Waals surface area contributed by atoms with Gasteiger partial charge in [-0.15, -0.1) is 11.8 Å². The van der Waals surface area contributed by atoms with E-state index in [2.05, 4.69) is 39.8 Å². The van der Waals surface area contributed by atoms with Crippen molar-refractivity contribution in [2.45, 2.75) is 49.7 Å². The molecule has 0 unspecified atom stereocenters. The van der Waals surface area contributed by atoms with Crippen LogP contribution in [0.3, 0.4) is 0 Å². The van der Waals surface area contributed by atoms with Crippen LogP contribution in [0.4, 0.5) is 4.39 Å². The van der Waals surface area contributed by atoms with Crippen LogP contribution in [0.5, 0.6) is 5.75 Å². The normalized spacial score (nSPS) is 19.2. The van der Waals surface area contributed by atoms with Gasteiger partial charge in [0.05, 0.1) is 17.7 Å². The van der Waals surface area contributed by atoms with Crippen molar-refractivity contribution in [1.29, 1.82) is 0 Å². The molecule has 0 spiro atoms. The Balaban J connectivity index is 1.32. The number of halogens is 1. The fourth-order valence-corrected chi connectivity index (χ4v) is 6.42. The zero-order valence-electron chi connectivity index (χ0n) is 21.8. The molecule has 8 heteroatoms. The number of aromatic nitrogens is 2. The van der Waals surface area contributed by atoms with Crippen LogP contribution in [-0.2, 0) is 11.8 Å². The van der Waals surface area contributed by atoms with Crippen LogP contribution in [0.15, 0.2) is 53.8 Å². The van der Waals surface area contributed by atoms with E-state index in [9.17, 15) is 9.90 Å². The summed E-state index contributed by atoms with van der Waals surface area (Å²) in [4.78, 5) is 18.2. The standard InChI is InChI=1S/C29H38FN3O3S/c1-32-15-3-5-28(32)37-18-4-16-33-17-13-21(22(20-33)7-11-29(34)35)6-9-26(30)24-12-14-31-27-10-8-23(36-2)19-25(24)27/h3,5,8,10,12,14-15,19,21-22,26H,4,6-7,9,11,13,16-18,20H2,1-2H3,(H,34,35)/t21-,22-,26-/m1/s1. The molecule has 1 saturated heterocycles. The van der Waals surface area contributed by atoms with Gasteiger partial charge in [-0.1, -0.05) is 0 Å². The molecule has 3 heterocycles. The molecular formula is C29H38FN3O3S. The number of carboxylic acid groups (broad SMARTS) is 1. The quantitative estimate of drug-likeness (QED) is 0.206. The number of fused-ring (bicyclic) bond motifs is 1. The van der Waals surface area contributed by atoms with Gasteiger partial charge in [-0.3, -0.25) is 9.78 Å². The second kappa shape index (κ2) is 13.3. The van der Waals surface area contributed by atoms with E-state index >= 15 is 4.39 Å². The number of nitrogens with zero attached hydrogens (tertiary/aromatic N) is 3. The molecule has 1 aromatic carbocycles. The van der Waals surface area contributed by atoms with E-state index in [1.165, 1.54) is 5.03 Å². The third-order valence-corrected chi connectivity index (χ3v) is 8.79. The number of thioether (sulfide) groups is 1. The van der Waals surface area contributed by atoms with Gasteiger partial charge in [0.2, 0.25) is 0 Å². The Kier molecular flexibility index (Phi) is 9.86. The number of carbonyl (C=O) groups is 1. The SMILES string of the molecule is COc1ccc2nccc([C@H](F)CC[C@@H]3CCN(CCCSc4cccn4C)C[C@H]3CCC(=O)O)c2c1. The highest BCUT2D eigenvalue weighted by atomic mass is 32.2. The number of alkyl halides is 1. The lowest BCUT2D eigenvalue weighted by atomic mass is 9.79. The van der Waals surface area contributed by atoms with E-state index in [-0.39, 0.29) is 12.3 Å². The third kappa shape index (κ3) is 7.48. The van der Waals surface area contributed by atoms with Crippen LogP contribution >= 0.6 is 11.8 Å². The molecule has 37 heavy (non-hydrogen) atoms. The average molecular weight is 528 g/mol. The molecule has 6 nitrogen and oxygen atoms in total. The van der Waals surface area contributed by atoms with Crippen LogP contribution in [0.1, 0.15) is 50.3 Å². The number of benzene rings is 1. The number of carboxylic acids is 1. The van der Waals surface area contributed by atoms with Crippen LogP contribution < -0.4 is 4.74 Å². The highest BCUT2D eigenvalue weighted by Gasteiger charge is 2.30. The van der Waals surface area contributed by atoms with Crippen molar-refractivity contribution >= 4 is 28.6 Å². The fourth-order valence-electron chi connectivity index (χ4n) is 5.50. The van der Waals surface area contributed by atoms with E-state index in [0.717, 1.165) is 55.6 Å². The Morgan fingerprint density at radius 3 is 2.89 bits per heavy atom. The second-order valence-electron chi connectivity index (χ2n) is 10.0. The number of aryl methyl sites for hydroxylation is 1. The zero-order valence-corrected chi connectivity index (χ0v) is 22.6. The van der Waals surface area contributed by atoms with Crippen LogP contribution in [0, 0.1) is 11.8 Å². The minimum atomic E-state index is -1.09. The molecule has 1 N–H and O–H groups in total.